The number of halogens is 1. The third-order valence-corrected chi connectivity index (χ3v) is 5.76. The van der Waals surface area contributed by atoms with Crippen molar-refractivity contribution >= 4 is 31.8 Å². The summed E-state index contributed by atoms with van der Waals surface area (Å²) in [5.41, 5.74) is 0. The maximum atomic E-state index is 12.6. The molecule has 1 aliphatic carbocycles. The Kier molecular flexibility index (Phi) is 5.62. The molecular weight excluding hydrogens is 354 g/mol. The highest BCUT2D eigenvalue weighted by Gasteiger charge is 2.26. The minimum absolute atomic E-state index is 0.0275. The topological polar surface area (TPSA) is 71.1 Å². The second-order valence-corrected chi connectivity index (χ2v) is 8.21. The fraction of sp³-hybridized carbons (Fsp3) is 0.643. The SMILES string of the molecule is CCNc1ncc(Br)cc1S(=O)(=O)NC1CCC(C)CC1. The molecule has 0 aromatic carbocycles. The standard InChI is InChI=1S/C14H22BrN3O2S/c1-3-16-14-13(8-11(15)9-17-14)21(19,20)18-12-6-4-10(2)5-7-12/h8-10,12,18H,3-7H2,1-2H3,(H,16,17). The summed E-state index contributed by atoms with van der Waals surface area (Å²) in [5.74, 6) is 1.09. The van der Waals surface area contributed by atoms with E-state index in [1.54, 1.807) is 12.3 Å². The first-order valence-electron chi connectivity index (χ1n) is 7.34. The molecule has 1 heterocycles. The van der Waals surface area contributed by atoms with Gasteiger partial charge in [0.25, 0.3) is 0 Å². The molecule has 0 radical (unpaired) electrons. The molecule has 0 aliphatic heterocycles. The van der Waals surface area contributed by atoms with Crippen LogP contribution in [0, 0.1) is 5.92 Å². The van der Waals surface area contributed by atoms with Crippen LogP contribution in [-0.4, -0.2) is 26.0 Å². The van der Waals surface area contributed by atoms with Crippen molar-refractivity contribution in [2.45, 2.75) is 50.5 Å². The van der Waals surface area contributed by atoms with Gasteiger partial charge in [-0.25, -0.2) is 18.1 Å². The van der Waals surface area contributed by atoms with Crippen LogP contribution >= 0.6 is 15.9 Å². The Balaban J connectivity index is 2.20. The van der Waals surface area contributed by atoms with Crippen molar-refractivity contribution in [2.75, 3.05) is 11.9 Å². The van der Waals surface area contributed by atoms with Gasteiger partial charge < -0.3 is 5.32 Å². The van der Waals surface area contributed by atoms with E-state index >= 15 is 0 Å². The van der Waals surface area contributed by atoms with Crippen molar-refractivity contribution in [3.8, 4) is 0 Å². The summed E-state index contributed by atoms with van der Waals surface area (Å²) in [5, 5.41) is 3.00. The maximum Gasteiger partial charge on any atom is 0.244 e. The Morgan fingerprint density at radius 1 is 1.33 bits per heavy atom. The number of aromatic nitrogens is 1. The highest BCUT2D eigenvalue weighted by molar-refractivity contribution is 9.10. The van der Waals surface area contributed by atoms with Gasteiger partial charge in [-0.15, -0.1) is 0 Å². The van der Waals surface area contributed by atoms with Gasteiger partial charge in [0.05, 0.1) is 0 Å². The Hall–Kier alpha value is -0.660. The summed E-state index contributed by atoms with van der Waals surface area (Å²) in [4.78, 5) is 4.37. The third-order valence-electron chi connectivity index (χ3n) is 3.79. The zero-order chi connectivity index (χ0) is 15.5. The molecule has 1 aromatic rings. The van der Waals surface area contributed by atoms with E-state index in [4.69, 9.17) is 0 Å². The van der Waals surface area contributed by atoms with E-state index < -0.39 is 10.0 Å². The largest absolute Gasteiger partial charge is 0.369 e. The number of hydrogen-bond acceptors (Lipinski definition) is 4. The number of rotatable bonds is 5. The number of nitrogens with zero attached hydrogens (tertiary/aromatic N) is 1. The molecule has 0 bridgehead atoms. The van der Waals surface area contributed by atoms with E-state index in [1.807, 2.05) is 6.92 Å². The molecule has 1 aromatic heterocycles. The molecule has 0 amide bonds. The number of pyridine rings is 1. The first-order chi connectivity index (χ1) is 9.92. The fourth-order valence-corrected chi connectivity index (χ4v) is 4.53. The first-order valence-corrected chi connectivity index (χ1v) is 9.61. The van der Waals surface area contributed by atoms with Crippen LogP contribution in [0.2, 0.25) is 0 Å². The van der Waals surface area contributed by atoms with Crippen LogP contribution in [0.4, 0.5) is 5.82 Å². The van der Waals surface area contributed by atoms with Gasteiger partial charge in [0.1, 0.15) is 10.7 Å². The van der Waals surface area contributed by atoms with E-state index in [0.717, 1.165) is 25.7 Å². The van der Waals surface area contributed by atoms with E-state index in [1.165, 1.54) is 0 Å². The average molecular weight is 376 g/mol. The van der Waals surface area contributed by atoms with Crippen LogP contribution < -0.4 is 10.0 Å². The lowest BCUT2D eigenvalue weighted by Gasteiger charge is -2.27. The lowest BCUT2D eigenvalue weighted by molar-refractivity contribution is 0.332. The molecule has 1 fully saturated rings. The molecule has 21 heavy (non-hydrogen) atoms. The van der Waals surface area contributed by atoms with Gasteiger partial charge in [0, 0.05) is 23.3 Å². The Morgan fingerprint density at radius 2 is 2.00 bits per heavy atom. The predicted molar refractivity (Wildman–Crippen MR) is 87.8 cm³/mol. The molecule has 0 atom stereocenters. The summed E-state index contributed by atoms with van der Waals surface area (Å²) >= 11 is 3.29. The molecule has 0 unspecified atom stereocenters. The lowest BCUT2D eigenvalue weighted by Crippen LogP contribution is -2.37. The van der Waals surface area contributed by atoms with Gasteiger partial charge in [-0.05, 0) is 60.5 Å². The Morgan fingerprint density at radius 3 is 2.62 bits per heavy atom. The smallest absolute Gasteiger partial charge is 0.244 e. The van der Waals surface area contributed by atoms with Gasteiger partial charge in [0.2, 0.25) is 10.0 Å². The zero-order valence-electron chi connectivity index (χ0n) is 12.4. The van der Waals surface area contributed by atoms with Crippen LogP contribution in [0.3, 0.4) is 0 Å². The van der Waals surface area contributed by atoms with Gasteiger partial charge in [-0.1, -0.05) is 6.92 Å². The predicted octanol–water partition coefficient (Wildman–Crippen LogP) is 3.13. The second-order valence-electron chi connectivity index (χ2n) is 5.61. The lowest BCUT2D eigenvalue weighted by atomic mass is 9.88. The van der Waals surface area contributed by atoms with E-state index in [2.05, 4.69) is 37.9 Å². The van der Waals surface area contributed by atoms with Crippen molar-refractivity contribution in [2.24, 2.45) is 5.92 Å². The molecule has 5 nitrogen and oxygen atoms in total. The third kappa shape index (κ3) is 4.40. The number of hydrogen-bond donors (Lipinski definition) is 2. The van der Waals surface area contributed by atoms with Crippen LogP contribution in [0.5, 0.6) is 0 Å². The van der Waals surface area contributed by atoms with Crippen LogP contribution in [0.15, 0.2) is 21.6 Å². The first kappa shape index (κ1) is 16.7. The molecule has 1 saturated carbocycles. The Labute approximate surface area is 135 Å². The maximum absolute atomic E-state index is 12.6. The monoisotopic (exact) mass is 375 g/mol. The van der Waals surface area contributed by atoms with Crippen molar-refractivity contribution in [1.29, 1.82) is 0 Å². The zero-order valence-corrected chi connectivity index (χ0v) is 14.8. The summed E-state index contributed by atoms with van der Waals surface area (Å²) in [6.45, 7) is 4.75. The Bertz CT molecular complexity index is 584. The molecule has 1 aliphatic rings. The molecule has 7 heteroatoms. The van der Waals surface area contributed by atoms with E-state index in [0.29, 0.717) is 22.8 Å². The minimum atomic E-state index is -3.56. The second kappa shape index (κ2) is 7.07. The van der Waals surface area contributed by atoms with Crippen LogP contribution in [-0.2, 0) is 10.0 Å². The van der Waals surface area contributed by atoms with E-state index in [-0.39, 0.29) is 10.9 Å². The summed E-state index contributed by atoms with van der Waals surface area (Å²) in [6.07, 6.45) is 5.55. The summed E-state index contributed by atoms with van der Waals surface area (Å²) in [7, 11) is -3.56. The van der Waals surface area contributed by atoms with Crippen LogP contribution in [0.1, 0.15) is 39.5 Å². The number of anilines is 1. The van der Waals surface area contributed by atoms with Crippen molar-refractivity contribution in [3.05, 3.63) is 16.7 Å². The summed E-state index contributed by atoms with van der Waals surface area (Å²) in [6, 6.07) is 1.62. The molecule has 0 spiro atoms. The van der Waals surface area contributed by atoms with Crippen molar-refractivity contribution in [1.82, 2.24) is 9.71 Å². The van der Waals surface area contributed by atoms with Crippen molar-refractivity contribution in [3.63, 3.8) is 0 Å². The molecule has 0 saturated heterocycles. The molecule has 118 valence electrons. The number of sulfonamides is 1. The summed E-state index contributed by atoms with van der Waals surface area (Å²) < 4.78 is 28.7. The normalized spacial score (nSPS) is 23.0. The quantitative estimate of drug-likeness (QED) is 0.828. The molecular formula is C14H22BrN3O2S. The fourth-order valence-electron chi connectivity index (χ4n) is 2.59. The highest BCUT2D eigenvalue weighted by atomic mass is 79.9. The highest BCUT2D eigenvalue weighted by Crippen LogP contribution is 2.27. The van der Waals surface area contributed by atoms with Crippen molar-refractivity contribution < 1.29 is 8.42 Å². The minimum Gasteiger partial charge on any atom is -0.369 e. The van der Waals surface area contributed by atoms with Crippen LogP contribution in [0.25, 0.3) is 0 Å². The molecule has 2 N–H and O–H groups in total. The van der Waals surface area contributed by atoms with Gasteiger partial charge in [-0.2, -0.15) is 0 Å². The molecule has 2 rings (SSSR count). The number of nitrogens with one attached hydrogen (secondary N) is 2. The van der Waals surface area contributed by atoms with Gasteiger partial charge >= 0.3 is 0 Å². The van der Waals surface area contributed by atoms with Gasteiger partial charge in [0.15, 0.2) is 0 Å². The van der Waals surface area contributed by atoms with Gasteiger partial charge in [-0.3, -0.25) is 0 Å². The van der Waals surface area contributed by atoms with E-state index in [9.17, 15) is 8.42 Å². The average Bonchev–Trinajstić information content (AvgIpc) is 2.43.